The van der Waals surface area contributed by atoms with Crippen LogP contribution in [0.1, 0.15) is 5.56 Å². The minimum atomic E-state index is -4.13. The summed E-state index contributed by atoms with van der Waals surface area (Å²) in [6.07, 6.45) is 0.0895. The standard InChI is InChI=1S/C25H27ClN2O7S/c1-32-21-11-10-17(13-24(21)35-4)36(30,31)28-20(12-16-8-6-5-7-9-16)25(29)27-19-15-22(33-2)18(26)14-23(19)34-3/h5-11,13-15,20,28H,12H2,1-4H3,(H,27,29). The highest BCUT2D eigenvalue weighted by molar-refractivity contribution is 7.89. The minimum absolute atomic E-state index is 0.0863. The van der Waals surface area contributed by atoms with E-state index in [-0.39, 0.29) is 28.5 Å². The molecule has 0 aliphatic rings. The van der Waals surface area contributed by atoms with Gasteiger partial charge in [-0.3, -0.25) is 4.79 Å². The number of rotatable bonds is 11. The third-order valence-corrected chi connectivity index (χ3v) is 7.06. The second-order valence-electron chi connectivity index (χ2n) is 7.56. The van der Waals surface area contributed by atoms with Crippen LogP contribution >= 0.6 is 11.6 Å². The molecule has 3 aromatic carbocycles. The molecule has 0 aliphatic heterocycles. The monoisotopic (exact) mass is 534 g/mol. The van der Waals surface area contributed by atoms with Gasteiger partial charge in [-0.1, -0.05) is 41.9 Å². The first kappa shape index (κ1) is 27.1. The van der Waals surface area contributed by atoms with Gasteiger partial charge in [0.05, 0.1) is 44.0 Å². The van der Waals surface area contributed by atoms with Crippen molar-refractivity contribution in [2.24, 2.45) is 0 Å². The lowest BCUT2D eigenvalue weighted by Crippen LogP contribution is -2.45. The van der Waals surface area contributed by atoms with Crippen molar-refractivity contribution >= 4 is 33.2 Å². The Kier molecular flexibility index (Phi) is 9.03. The molecule has 36 heavy (non-hydrogen) atoms. The van der Waals surface area contributed by atoms with Crippen LogP contribution in [0.4, 0.5) is 5.69 Å². The van der Waals surface area contributed by atoms with E-state index < -0.39 is 22.0 Å². The lowest BCUT2D eigenvalue weighted by molar-refractivity contribution is -0.117. The first-order valence-electron chi connectivity index (χ1n) is 10.7. The van der Waals surface area contributed by atoms with Crippen LogP contribution in [-0.2, 0) is 21.2 Å². The van der Waals surface area contributed by atoms with E-state index in [0.717, 1.165) is 5.56 Å². The lowest BCUT2D eigenvalue weighted by atomic mass is 10.1. The summed E-state index contributed by atoms with van der Waals surface area (Å²) in [5, 5.41) is 3.02. The number of methoxy groups -OCH3 is 4. The lowest BCUT2D eigenvalue weighted by Gasteiger charge is -2.20. The Morgan fingerprint density at radius 3 is 2.08 bits per heavy atom. The van der Waals surface area contributed by atoms with E-state index in [1.165, 1.54) is 58.8 Å². The maximum absolute atomic E-state index is 13.4. The van der Waals surface area contributed by atoms with Gasteiger partial charge in [0.1, 0.15) is 17.5 Å². The van der Waals surface area contributed by atoms with E-state index in [2.05, 4.69) is 10.0 Å². The molecule has 192 valence electrons. The van der Waals surface area contributed by atoms with Crippen LogP contribution in [-0.4, -0.2) is 48.8 Å². The molecular formula is C25H27ClN2O7S. The van der Waals surface area contributed by atoms with Crippen LogP contribution in [0.2, 0.25) is 5.02 Å². The van der Waals surface area contributed by atoms with Gasteiger partial charge < -0.3 is 24.3 Å². The largest absolute Gasteiger partial charge is 0.495 e. The Labute approximate surface area is 215 Å². The number of amides is 1. The second kappa shape index (κ2) is 12.0. The molecule has 0 bridgehead atoms. The third-order valence-electron chi connectivity index (χ3n) is 5.29. The predicted molar refractivity (Wildman–Crippen MR) is 137 cm³/mol. The van der Waals surface area contributed by atoms with Crippen LogP contribution < -0.4 is 29.0 Å². The van der Waals surface area contributed by atoms with E-state index in [9.17, 15) is 13.2 Å². The molecule has 0 saturated carbocycles. The highest BCUT2D eigenvalue weighted by Gasteiger charge is 2.28. The zero-order valence-electron chi connectivity index (χ0n) is 20.2. The van der Waals surface area contributed by atoms with Crippen molar-refractivity contribution < 1.29 is 32.2 Å². The van der Waals surface area contributed by atoms with Gasteiger partial charge in [0, 0.05) is 18.2 Å². The predicted octanol–water partition coefficient (Wildman–Crippen LogP) is 3.90. The van der Waals surface area contributed by atoms with Crippen molar-refractivity contribution in [2.45, 2.75) is 17.4 Å². The summed E-state index contributed by atoms with van der Waals surface area (Å²) in [5.74, 6) is 0.612. The molecule has 9 nitrogen and oxygen atoms in total. The highest BCUT2D eigenvalue weighted by Crippen LogP contribution is 2.36. The first-order chi connectivity index (χ1) is 17.2. The number of halogens is 1. The van der Waals surface area contributed by atoms with Crippen molar-refractivity contribution in [3.8, 4) is 23.0 Å². The normalized spacial score (nSPS) is 11.9. The molecule has 1 unspecified atom stereocenters. The van der Waals surface area contributed by atoms with Crippen molar-refractivity contribution in [3.63, 3.8) is 0 Å². The molecule has 3 aromatic rings. The summed E-state index contributed by atoms with van der Waals surface area (Å²) in [4.78, 5) is 13.3. The van der Waals surface area contributed by atoms with Crippen molar-refractivity contribution in [2.75, 3.05) is 33.8 Å². The number of nitrogens with one attached hydrogen (secondary N) is 2. The van der Waals surface area contributed by atoms with Gasteiger partial charge in [-0.2, -0.15) is 4.72 Å². The Morgan fingerprint density at radius 2 is 1.47 bits per heavy atom. The molecule has 0 spiro atoms. The number of anilines is 1. The summed E-state index contributed by atoms with van der Waals surface area (Å²) < 4.78 is 50.0. The van der Waals surface area contributed by atoms with Crippen molar-refractivity contribution in [3.05, 3.63) is 71.2 Å². The average Bonchev–Trinajstić information content (AvgIpc) is 2.88. The van der Waals surface area contributed by atoms with Crippen LogP contribution in [0.25, 0.3) is 0 Å². The molecule has 0 fully saturated rings. The van der Waals surface area contributed by atoms with Crippen molar-refractivity contribution in [1.29, 1.82) is 0 Å². The fourth-order valence-corrected chi connectivity index (χ4v) is 4.90. The fraction of sp³-hybridized carbons (Fsp3) is 0.240. The summed E-state index contributed by atoms with van der Waals surface area (Å²) in [5.41, 5.74) is 1.03. The number of carbonyl (C=O) groups is 1. The Hall–Kier alpha value is -3.47. The third kappa shape index (κ3) is 6.39. The number of sulfonamides is 1. The van der Waals surface area contributed by atoms with E-state index in [4.69, 9.17) is 30.5 Å². The van der Waals surface area contributed by atoms with Gasteiger partial charge >= 0.3 is 0 Å². The molecule has 0 aromatic heterocycles. The van der Waals surface area contributed by atoms with Gasteiger partial charge in [-0.05, 0) is 24.1 Å². The van der Waals surface area contributed by atoms with Gasteiger partial charge in [0.25, 0.3) is 0 Å². The number of hydrogen-bond donors (Lipinski definition) is 2. The Bertz CT molecular complexity index is 1320. The van der Waals surface area contributed by atoms with E-state index in [1.807, 2.05) is 6.07 Å². The summed E-state index contributed by atoms with van der Waals surface area (Å²) in [6, 6.07) is 15.0. The fourth-order valence-electron chi connectivity index (χ4n) is 3.45. The average molecular weight is 535 g/mol. The topological polar surface area (TPSA) is 112 Å². The zero-order valence-corrected chi connectivity index (χ0v) is 21.8. The molecule has 0 heterocycles. The van der Waals surface area contributed by atoms with Gasteiger partial charge in [-0.15, -0.1) is 0 Å². The molecule has 0 saturated heterocycles. The van der Waals surface area contributed by atoms with E-state index >= 15 is 0 Å². The van der Waals surface area contributed by atoms with Gasteiger partial charge in [-0.25, -0.2) is 8.42 Å². The minimum Gasteiger partial charge on any atom is -0.495 e. The number of hydrogen-bond acceptors (Lipinski definition) is 7. The second-order valence-corrected chi connectivity index (χ2v) is 9.68. The SMILES string of the molecule is COc1cc(NC(=O)C(Cc2ccccc2)NS(=O)(=O)c2ccc(OC)c(OC)c2)c(OC)cc1Cl. The maximum Gasteiger partial charge on any atom is 0.243 e. The molecule has 1 atom stereocenters. The van der Waals surface area contributed by atoms with Crippen LogP contribution in [0.5, 0.6) is 23.0 Å². The Morgan fingerprint density at radius 1 is 0.833 bits per heavy atom. The Balaban J connectivity index is 1.95. The van der Waals surface area contributed by atoms with Crippen LogP contribution in [0, 0.1) is 0 Å². The number of benzene rings is 3. The smallest absolute Gasteiger partial charge is 0.243 e. The molecule has 1 amide bonds. The first-order valence-corrected chi connectivity index (χ1v) is 12.6. The van der Waals surface area contributed by atoms with Crippen LogP contribution in [0.3, 0.4) is 0 Å². The highest BCUT2D eigenvalue weighted by atomic mass is 35.5. The van der Waals surface area contributed by atoms with E-state index in [1.54, 1.807) is 24.3 Å². The van der Waals surface area contributed by atoms with Crippen LogP contribution in [0.15, 0.2) is 65.6 Å². The quantitative estimate of drug-likeness (QED) is 0.383. The maximum atomic E-state index is 13.4. The number of ether oxygens (including phenoxy) is 4. The molecule has 11 heteroatoms. The van der Waals surface area contributed by atoms with Crippen molar-refractivity contribution in [1.82, 2.24) is 4.72 Å². The summed E-state index contributed by atoms with van der Waals surface area (Å²) >= 11 is 6.16. The van der Waals surface area contributed by atoms with E-state index in [0.29, 0.717) is 16.5 Å². The van der Waals surface area contributed by atoms with Gasteiger partial charge in [0.2, 0.25) is 15.9 Å². The zero-order chi connectivity index (χ0) is 26.3. The summed E-state index contributed by atoms with van der Waals surface area (Å²) in [6.45, 7) is 0. The molecule has 2 N–H and O–H groups in total. The molecular weight excluding hydrogens is 508 g/mol. The number of carbonyl (C=O) groups excluding carboxylic acids is 1. The molecule has 0 aliphatic carbocycles. The molecule has 0 radical (unpaired) electrons. The molecule has 3 rings (SSSR count). The summed E-state index contributed by atoms with van der Waals surface area (Å²) in [7, 11) is 1.58. The van der Waals surface area contributed by atoms with Gasteiger partial charge in [0.15, 0.2) is 11.5 Å².